The van der Waals surface area contributed by atoms with Crippen LogP contribution in [0.5, 0.6) is 0 Å². The number of morpholine rings is 1. The summed E-state index contributed by atoms with van der Waals surface area (Å²) in [6.45, 7) is 6.91. The maximum Gasteiger partial charge on any atom is 0.329 e. The van der Waals surface area contributed by atoms with Crippen molar-refractivity contribution in [3.8, 4) is 0 Å². The lowest BCUT2D eigenvalue weighted by Crippen LogP contribution is -2.37. The molecule has 0 radical (unpaired) electrons. The molecule has 144 valence electrons. The van der Waals surface area contributed by atoms with E-state index >= 15 is 0 Å². The molecule has 1 saturated heterocycles. The van der Waals surface area contributed by atoms with Crippen molar-refractivity contribution in [1.29, 1.82) is 0 Å². The summed E-state index contributed by atoms with van der Waals surface area (Å²) in [5.41, 5.74) is -0.431. The lowest BCUT2D eigenvalue weighted by molar-refractivity contribution is 0.0378. The number of hydrogen-bond acceptors (Lipinski definition) is 7. The van der Waals surface area contributed by atoms with Crippen LogP contribution in [0.15, 0.2) is 9.59 Å². The molecule has 1 fully saturated rings. The van der Waals surface area contributed by atoms with Gasteiger partial charge in [0.15, 0.2) is 11.2 Å². The molecule has 10 nitrogen and oxygen atoms in total. The molecule has 1 aliphatic heterocycles. The Morgan fingerprint density at radius 2 is 2.08 bits per heavy atom. The molecule has 3 heterocycles. The number of nitrogens with zero attached hydrogens (tertiary/aromatic N) is 4. The van der Waals surface area contributed by atoms with Gasteiger partial charge in [-0.25, -0.2) is 4.79 Å². The molecule has 0 amide bonds. The van der Waals surface area contributed by atoms with E-state index < -0.39 is 17.4 Å². The van der Waals surface area contributed by atoms with E-state index in [0.29, 0.717) is 18.1 Å². The summed E-state index contributed by atoms with van der Waals surface area (Å²) in [5.74, 6) is 0.481. The summed E-state index contributed by atoms with van der Waals surface area (Å²) in [6, 6.07) is 0. The fourth-order valence-electron chi connectivity index (χ4n) is 3.14. The summed E-state index contributed by atoms with van der Waals surface area (Å²) in [6.07, 6.45) is 0.255. The summed E-state index contributed by atoms with van der Waals surface area (Å²) in [7, 11) is 1.56. The molecular weight excluding hydrogens is 340 g/mol. The fourth-order valence-corrected chi connectivity index (χ4v) is 3.14. The van der Waals surface area contributed by atoms with Gasteiger partial charge >= 0.3 is 5.69 Å². The summed E-state index contributed by atoms with van der Waals surface area (Å²) < 4.78 is 8.27. The molecule has 0 unspecified atom stereocenters. The standard InChI is InChI=1S/C16H26N6O4/c1-11(23)10-22-12-13(20(2)16(25)19-14(12)24)18-15(22)17-4-3-5-21-6-8-26-9-7-21/h11,23H,3-10H2,1-2H3,(H,17,18)(H,19,24,25)/t11-/m1/s1. The van der Waals surface area contributed by atoms with Crippen molar-refractivity contribution in [3.63, 3.8) is 0 Å². The maximum atomic E-state index is 12.2. The van der Waals surface area contributed by atoms with E-state index in [0.717, 1.165) is 39.3 Å². The van der Waals surface area contributed by atoms with Crippen molar-refractivity contribution in [3.05, 3.63) is 20.8 Å². The first-order chi connectivity index (χ1) is 12.5. The molecule has 1 atom stereocenters. The molecule has 3 N–H and O–H groups in total. The lowest BCUT2D eigenvalue weighted by Gasteiger charge is -2.26. The molecular formula is C16H26N6O4. The van der Waals surface area contributed by atoms with Crippen molar-refractivity contribution < 1.29 is 9.84 Å². The lowest BCUT2D eigenvalue weighted by atomic mass is 10.3. The molecule has 2 aromatic rings. The van der Waals surface area contributed by atoms with Crippen molar-refractivity contribution in [1.82, 2.24) is 24.0 Å². The average Bonchev–Trinajstić information content (AvgIpc) is 2.96. The number of aromatic amines is 1. The maximum absolute atomic E-state index is 12.2. The van der Waals surface area contributed by atoms with Crippen LogP contribution in [0.1, 0.15) is 13.3 Å². The Kier molecular flexibility index (Phi) is 5.74. The number of aryl methyl sites for hydroxylation is 1. The SMILES string of the molecule is C[C@@H](O)Cn1c(NCCCN2CCOCC2)nc2c1c(=O)[nH]c(=O)n2C. The molecule has 1 aliphatic rings. The van der Waals surface area contributed by atoms with E-state index in [-0.39, 0.29) is 12.1 Å². The van der Waals surface area contributed by atoms with Gasteiger partial charge in [0, 0.05) is 26.7 Å². The molecule has 0 aromatic carbocycles. The highest BCUT2D eigenvalue weighted by atomic mass is 16.5. The Labute approximate surface area is 150 Å². The van der Waals surface area contributed by atoms with E-state index in [2.05, 4.69) is 20.2 Å². The van der Waals surface area contributed by atoms with Crippen molar-refractivity contribution in [2.24, 2.45) is 7.05 Å². The highest BCUT2D eigenvalue weighted by Gasteiger charge is 2.18. The predicted octanol–water partition coefficient (Wildman–Crippen LogP) is -1.06. The number of nitrogens with one attached hydrogen (secondary N) is 2. The van der Waals surface area contributed by atoms with Crippen LogP contribution in [0.3, 0.4) is 0 Å². The van der Waals surface area contributed by atoms with Crippen molar-refractivity contribution in [2.45, 2.75) is 26.0 Å². The van der Waals surface area contributed by atoms with E-state index in [1.54, 1.807) is 18.5 Å². The van der Waals surface area contributed by atoms with Gasteiger partial charge in [0.2, 0.25) is 5.95 Å². The molecule has 26 heavy (non-hydrogen) atoms. The number of ether oxygens (including phenoxy) is 1. The van der Waals surface area contributed by atoms with Crippen LogP contribution >= 0.6 is 0 Å². The van der Waals surface area contributed by atoms with Crippen molar-refractivity contribution >= 4 is 17.1 Å². The van der Waals surface area contributed by atoms with Gasteiger partial charge in [-0.2, -0.15) is 4.98 Å². The molecule has 0 aliphatic carbocycles. The fraction of sp³-hybridized carbons (Fsp3) is 0.688. The number of imidazole rings is 1. The molecule has 0 bridgehead atoms. The quantitative estimate of drug-likeness (QED) is 0.535. The van der Waals surface area contributed by atoms with Gasteiger partial charge in [-0.15, -0.1) is 0 Å². The minimum atomic E-state index is -0.655. The normalized spacial score (nSPS) is 16.9. The zero-order valence-corrected chi connectivity index (χ0v) is 15.2. The number of aromatic nitrogens is 4. The third kappa shape index (κ3) is 3.97. The monoisotopic (exact) mass is 366 g/mol. The van der Waals surface area contributed by atoms with Gasteiger partial charge < -0.3 is 19.7 Å². The van der Waals surface area contributed by atoms with Gasteiger partial charge in [0.1, 0.15) is 0 Å². The number of anilines is 1. The molecule has 10 heteroatoms. The first kappa shape index (κ1) is 18.6. The molecule has 2 aromatic heterocycles. The number of fused-ring (bicyclic) bond motifs is 1. The Balaban J connectivity index is 1.78. The van der Waals surface area contributed by atoms with E-state index in [4.69, 9.17) is 4.74 Å². The summed E-state index contributed by atoms with van der Waals surface area (Å²) in [5, 5.41) is 13.0. The second kappa shape index (κ2) is 8.02. The van der Waals surface area contributed by atoms with Crippen LogP contribution in [0.25, 0.3) is 11.2 Å². The highest BCUT2D eigenvalue weighted by molar-refractivity contribution is 5.74. The number of aliphatic hydroxyl groups excluding tert-OH is 1. The van der Waals surface area contributed by atoms with Crippen LogP contribution in [0, 0.1) is 0 Å². The van der Waals surface area contributed by atoms with Crippen molar-refractivity contribution in [2.75, 3.05) is 44.7 Å². The molecule has 3 rings (SSSR count). The Bertz CT molecular complexity index is 862. The summed E-state index contributed by atoms with van der Waals surface area (Å²) >= 11 is 0. The van der Waals surface area contributed by atoms with Gasteiger partial charge in [-0.05, 0) is 19.9 Å². The number of H-pyrrole nitrogens is 1. The second-order valence-corrected chi connectivity index (χ2v) is 6.62. The predicted molar refractivity (Wildman–Crippen MR) is 97.6 cm³/mol. The zero-order valence-electron chi connectivity index (χ0n) is 15.2. The number of aliphatic hydroxyl groups is 1. The average molecular weight is 366 g/mol. The largest absolute Gasteiger partial charge is 0.392 e. The first-order valence-corrected chi connectivity index (χ1v) is 8.89. The Hall–Kier alpha value is -2.17. The van der Waals surface area contributed by atoms with E-state index in [1.165, 1.54) is 4.57 Å². The molecule has 0 saturated carbocycles. The second-order valence-electron chi connectivity index (χ2n) is 6.62. The number of rotatable bonds is 7. The van der Waals surface area contributed by atoms with Gasteiger partial charge in [-0.3, -0.25) is 19.2 Å². The van der Waals surface area contributed by atoms with E-state index in [1.807, 2.05) is 0 Å². The van der Waals surface area contributed by atoms with Crippen LogP contribution < -0.4 is 16.6 Å². The third-order valence-electron chi connectivity index (χ3n) is 4.49. The van der Waals surface area contributed by atoms with Crippen LogP contribution in [0.2, 0.25) is 0 Å². The minimum absolute atomic E-state index is 0.212. The smallest absolute Gasteiger partial charge is 0.329 e. The van der Waals surface area contributed by atoms with Gasteiger partial charge in [-0.1, -0.05) is 0 Å². The summed E-state index contributed by atoms with van der Waals surface area (Å²) in [4.78, 5) is 33.1. The topological polar surface area (TPSA) is 117 Å². The number of hydrogen-bond donors (Lipinski definition) is 3. The van der Waals surface area contributed by atoms with Gasteiger partial charge in [0.05, 0.1) is 25.9 Å². The molecule has 0 spiro atoms. The zero-order chi connectivity index (χ0) is 18.7. The van der Waals surface area contributed by atoms with E-state index in [9.17, 15) is 14.7 Å². The third-order valence-corrected chi connectivity index (χ3v) is 4.49. The van der Waals surface area contributed by atoms with Gasteiger partial charge in [0.25, 0.3) is 5.56 Å². The Morgan fingerprint density at radius 1 is 1.35 bits per heavy atom. The van der Waals surface area contributed by atoms with Crippen LogP contribution in [-0.4, -0.2) is 74.6 Å². The Morgan fingerprint density at radius 3 is 2.77 bits per heavy atom. The first-order valence-electron chi connectivity index (χ1n) is 8.89. The highest BCUT2D eigenvalue weighted by Crippen LogP contribution is 2.16. The van der Waals surface area contributed by atoms with Crippen LogP contribution in [-0.2, 0) is 18.3 Å². The minimum Gasteiger partial charge on any atom is -0.392 e. The van der Waals surface area contributed by atoms with Crippen LogP contribution in [0.4, 0.5) is 5.95 Å².